The molecule has 2 fully saturated rings. The Kier molecular flexibility index (Phi) is 8.45. The fourth-order valence-corrected chi connectivity index (χ4v) is 4.91. The summed E-state index contributed by atoms with van der Waals surface area (Å²) in [6.07, 6.45) is 8.77. The number of rotatable bonds is 8. The highest BCUT2D eigenvalue weighted by atomic mass is 79.9. The molecule has 0 amide bonds. The van der Waals surface area contributed by atoms with Crippen molar-refractivity contribution < 1.29 is 9.13 Å². The maximum Gasteiger partial charge on any atom is 0.250 e. The Morgan fingerprint density at radius 2 is 1.49 bits per heavy atom. The van der Waals surface area contributed by atoms with Crippen molar-refractivity contribution in [3.63, 3.8) is 0 Å². The number of hydrazone groups is 1. The molecule has 2 aliphatic rings. The lowest BCUT2D eigenvalue weighted by atomic mass is 10.1. The van der Waals surface area contributed by atoms with Gasteiger partial charge in [0, 0.05) is 36.2 Å². The quantitative estimate of drug-likeness (QED) is 0.273. The molecule has 2 aromatic carbocycles. The lowest BCUT2D eigenvalue weighted by Crippen LogP contribution is -2.34. The molecule has 1 N–H and O–H groups in total. The highest BCUT2D eigenvalue weighted by molar-refractivity contribution is 9.10. The summed E-state index contributed by atoms with van der Waals surface area (Å²) in [4.78, 5) is 18.7. The predicted molar refractivity (Wildman–Crippen MR) is 148 cm³/mol. The first-order chi connectivity index (χ1) is 18.1. The Hall–Kier alpha value is -3.27. The topological polar surface area (TPSA) is 78.8 Å². The zero-order valence-corrected chi connectivity index (χ0v) is 22.3. The average Bonchev–Trinajstić information content (AvgIpc) is 2.94. The Morgan fingerprint density at radius 1 is 0.865 bits per heavy atom. The van der Waals surface area contributed by atoms with Crippen molar-refractivity contribution in [2.45, 2.75) is 45.1 Å². The molecular weight excluding hydrogens is 537 g/mol. The summed E-state index contributed by atoms with van der Waals surface area (Å²) in [6.45, 7) is 4.15. The van der Waals surface area contributed by atoms with E-state index in [0.717, 1.165) is 67.5 Å². The zero-order chi connectivity index (χ0) is 25.5. The second-order valence-corrected chi connectivity index (χ2v) is 10.2. The van der Waals surface area contributed by atoms with Gasteiger partial charge in [-0.15, -0.1) is 0 Å². The van der Waals surface area contributed by atoms with E-state index in [0.29, 0.717) is 30.2 Å². The first-order valence-electron chi connectivity index (χ1n) is 12.9. The van der Waals surface area contributed by atoms with Crippen molar-refractivity contribution >= 4 is 40.0 Å². The fraction of sp³-hybridized carbons (Fsp3) is 0.407. The number of benzene rings is 2. The number of nitrogens with zero attached hydrogens (tertiary/aromatic N) is 6. The van der Waals surface area contributed by atoms with Crippen LogP contribution < -0.4 is 20.0 Å². The molecule has 10 heteroatoms. The first kappa shape index (κ1) is 25.4. The summed E-state index contributed by atoms with van der Waals surface area (Å²) in [6, 6.07) is 12.0. The second kappa shape index (κ2) is 12.3. The van der Waals surface area contributed by atoms with Crippen LogP contribution >= 0.6 is 15.9 Å². The Morgan fingerprint density at radius 3 is 2.11 bits per heavy atom. The molecular formula is C27H31BrFN7O. The lowest BCUT2D eigenvalue weighted by molar-refractivity contribution is 0.305. The zero-order valence-electron chi connectivity index (χ0n) is 20.7. The molecule has 1 aromatic heterocycles. The van der Waals surface area contributed by atoms with Crippen LogP contribution in [0.25, 0.3) is 0 Å². The molecule has 0 atom stereocenters. The molecule has 5 rings (SSSR count). The van der Waals surface area contributed by atoms with E-state index in [-0.39, 0.29) is 5.82 Å². The summed E-state index contributed by atoms with van der Waals surface area (Å²) >= 11 is 3.52. The van der Waals surface area contributed by atoms with Gasteiger partial charge in [0.1, 0.15) is 18.2 Å². The van der Waals surface area contributed by atoms with Gasteiger partial charge in [0.25, 0.3) is 0 Å². The van der Waals surface area contributed by atoms with E-state index in [9.17, 15) is 4.39 Å². The van der Waals surface area contributed by atoms with Crippen LogP contribution in [0.2, 0.25) is 0 Å². The van der Waals surface area contributed by atoms with Crippen LogP contribution in [0.3, 0.4) is 0 Å². The van der Waals surface area contributed by atoms with E-state index in [2.05, 4.69) is 46.2 Å². The van der Waals surface area contributed by atoms with Gasteiger partial charge >= 0.3 is 0 Å². The number of ether oxygens (including phenoxy) is 1. The van der Waals surface area contributed by atoms with Crippen LogP contribution in [0.15, 0.2) is 52.0 Å². The highest BCUT2D eigenvalue weighted by Gasteiger charge is 2.20. The van der Waals surface area contributed by atoms with Crippen LogP contribution in [0.5, 0.6) is 5.75 Å². The van der Waals surface area contributed by atoms with Crippen molar-refractivity contribution in [1.82, 2.24) is 15.0 Å². The Labute approximate surface area is 225 Å². The molecule has 3 aromatic rings. The van der Waals surface area contributed by atoms with Crippen molar-refractivity contribution in [3.8, 4) is 5.75 Å². The Balaban J connectivity index is 1.33. The maximum atomic E-state index is 13.2. The third-order valence-corrected chi connectivity index (χ3v) is 7.03. The molecule has 37 heavy (non-hydrogen) atoms. The summed E-state index contributed by atoms with van der Waals surface area (Å²) in [7, 11) is 0. The van der Waals surface area contributed by atoms with E-state index in [1.54, 1.807) is 18.3 Å². The van der Waals surface area contributed by atoms with E-state index < -0.39 is 0 Å². The lowest BCUT2D eigenvalue weighted by Gasteiger charge is -2.30. The largest absolute Gasteiger partial charge is 0.488 e. The minimum Gasteiger partial charge on any atom is -0.488 e. The summed E-state index contributed by atoms with van der Waals surface area (Å²) in [5.74, 6) is 2.24. The molecule has 194 valence electrons. The van der Waals surface area contributed by atoms with Crippen LogP contribution in [0, 0.1) is 5.82 Å². The third-order valence-electron chi connectivity index (χ3n) is 6.54. The van der Waals surface area contributed by atoms with Gasteiger partial charge in [-0.1, -0.05) is 28.1 Å². The monoisotopic (exact) mass is 567 g/mol. The van der Waals surface area contributed by atoms with Gasteiger partial charge in [-0.2, -0.15) is 20.1 Å². The van der Waals surface area contributed by atoms with Crippen LogP contribution in [0.4, 0.5) is 22.2 Å². The standard InChI is InChI=1S/C27H31BrFN7O/c28-22-9-12-24(37-19-20-7-10-23(29)11-8-20)21(17-22)18-30-34-25-31-26(35-13-3-1-4-14-35)33-27(32-25)36-15-5-2-6-16-36/h7-12,17-18H,1-6,13-16,19H2,(H,31,32,33,34)/b30-18+. The summed E-state index contributed by atoms with van der Waals surface area (Å²) in [5.41, 5.74) is 4.68. The minimum atomic E-state index is -0.267. The number of nitrogens with one attached hydrogen (secondary N) is 1. The van der Waals surface area contributed by atoms with Crippen LogP contribution in [0.1, 0.15) is 49.7 Å². The van der Waals surface area contributed by atoms with Crippen LogP contribution in [-0.4, -0.2) is 47.3 Å². The smallest absolute Gasteiger partial charge is 0.250 e. The van der Waals surface area contributed by atoms with Gasteiger partial charge in [0.15, 0.2) is 0 Å². The van der Waals surface area contributed by atoms with Gasteiger partial charge in [0.2, 0.25) is 17.8 Å². The first-order valence-corrected chi connectivity index (χ1v) is 13.7. The molecule has 0 radical (unpaired) electrons. The molecule has 0 spiro atoms. The Bertz CT molecular complexity index is 1180. The number of hydrogen-bond acceptors (Lipinski definition) is 8. The highest BCUT2D eigenvalue weighted by Crippen LogP contribution is 2.24. The average molecular weight is 568 g/mol. The fourth-order valence-electron chi connectivity index (χ4n) is 4.53. The molecule has 3 heterocycles. The van der Waals surface area contributed by atoms with E-state index in [4.69, 9.17) is 9.72 Å². The molecule has 0 saturated carbocycles. The molecule has 8 nitrogen and oxygen atoms in total. The third kappa shape index (κ3) is 6.94. The van der Waals surface area contributed by atoms with Gasteiger partial charge in [0.05, 0.1) is 6.21 Å². The van der Waals surface area contributed by atoms with Gasteiger partial charge in [-0.05, 0) is 74.4 Å². The van der Waals surface area contributed by atoms with Crippen molar-refractivity contribution in [2.75, 3.05) is 41.4 Å². The van der Waals surface area contributed by atoms with Gasteiger partial charge < -0.3 is 14.5 Å². The SMILES string of the molecule is Fc1ccc(COc2ccc(Br)cc2/C=N/Nc2nc(N3CCCCC3)nc(N3CCCCC3)n2)cc1. The normalized spacial score (nSPS) is 16.3. The number of hydrogen-bond donors (Lipinski definition) is 1. The molecule has 0 aliphatic carbocycles. The molecule has 0 unspecified atom stereocenters. The summed E-state index contributed by atoms with van der Waals surface area (Å²) in [5, 5.41) is 4.44. The number of halogens is 2. The molecule has 2 saturated heterocycles. The van der Waals surface area contributed by atoms with E-state index >= 15 is 0 Å². The molecule has 0 bridgehead atoms. The van der Waals surface area contributed by atoms with Crippen LogP contribution in [-0.2, 0) is 6.61 Å². The van der Waals surface area contributed by atoms with Crippen molar-refractivity contribution in [1.29, 1.82) is 0 Å². The maximum absolute atomic E-state index is 13.2. The second-order valence-electron chi connectivity index (χ2n) is 9.32. The van der Waals surface area contributed by atoms with Crippen molar-refractivity contribution in [3.05, 3.63) is 63.9 Å². The van der Waals surface area contributed by atoms with Gasteiger partial charge in [-0.25, -0.2) is 9.82 Å². The number of anilines is 3. The van der Waals surface area contributed by atoms with E-state index in [1.165, 1.54) is 25.0 Å². The van der Waals surface area contributed by atoms with Crippen molar-refractivity contribution in [2.24, 2.45) is 5.10 Å². The minimum absolute atomic E-state index is 0.267. The number of aromatic nitrogens is 3. The number of piperidine rings is 2. The summed E-state index contributed by atoms with van der Waals surface area (Å²) < 4.78 is 20.1. The predicted octanol–water partition coefficient (Wildman–Crippen LogP) is 5.78. The van der Waals surface area contributed by atoms with E-state index in [1.807, 2.05) is 18.2 Å². The molecule has 2 aliphatic heterocycles. The van der Waals surface area contributed by atoms with Gasteiger partial charge in [-0.3, -0.25) is 0 Å².